The third-order valence-corrected chi connectivity index (χ3v) is 3.81. The number of rotatable bonds is 6. The van der Waals surface area contributed by atoms with E-state index in [0.29, 0.717) is 18.1 Å². The van der Waals surface area contributed by atoms with Crippen LogP contribution in [0.1, 0.15) is 5.56 Å². The van der Waals surface area contributed by atoms with Crippen LogP contribution >= 0.6 is 11.6 Å². The highest BCUT2D eigenvalue weighted by atomic mass is 35.5. The predicted octanol–water partition coefficient (Wildman–Crippen LogP) is 3.43. The van der Waals surface area contributed by atoms with Gasteiger partial charge in [0.25, 0.3) is 0 Å². The quantitative estimate of drug-likeness (QED) is 0.691. The van der Waals surface area contributed by atoms with Crippen molar-refractivity contribution < 1.29 is 4.79 Å². The van der Waals surface area contributed by atoms with Crippen LogP contribution in [0.15, 0.2) is 67.1 Å². The lowest BCUT2D eigenvalue weighted by Crippen LogP contribution is -2.25. The Kier molecular flexibility index (Phi) is 5.59. The zero-order chi connectivity index (χ0) is 17.5. The molecule has 2 heterocycles. The molecule has 0 unspecified atom stereocenters. The Morgan fingerprint density at radius 1 is 1.12 bits per heavy atom. The van der Waals surface area contributed by atoms with Crippen molar-refractivity contribution in [1.29, 1.82) is 0 Å². The second-order valence-corrected chi connectivity index (χ2v) is 5.77. The molecule has 0 bridgehead atoms. The Morgan fingerprint density at radius 3 is 2.72 bits per heavy atom. The fourth-order valence-corrected chi connectivity index (χ4v) is 2.45. The normalized spacial score (nSPS) is 10.9. The van der Waals surface area contributed by atoms with Crippen molar-refractivity contribution >= 4 is 23.6 Å². The van der Waals surface area contributed by atoms with E-state index in [2.05, 4.69) is 15.3 Å². The highest BCUT2D eigenvalue weighted by Gasteiger charge is 2.06. The van der Waals surface area contributed by atoms with Crippen molar-refractivity contribution in [1.82, 2.24) is 19.9 Å². The molecule has 0 saturated heterocycles. The van der Waals surface area contributed by atoms with Crippen molar-refractivity contribution in [2.45, 2.75) is 6.54 Å². The van der Waals surface area contributed by atoms with Gasteiger partial charge >= 0.3 is 0 Å². The molecule has 1 N–H and O–H groups in total. The molecule has 5 nitrogen and oxygen atoms in total. The molecule has 3 rings (SSSR count). The molecule has 0 aliphatic carbocycles. The van der Waals surface area contributed by atoms with Crippen molar-refractivity contribution in [2.24, 2.45) is 0 Å². The summed E-state index contributed by atoms with van der Waals surface area (Å²) in [5, 5.41) is 3.53. The Morgan fingerprint density at radius 2 is 1.96 bits per heavy atom. The molecule has 25 heavy (non-hydrogen) atoms. The number of hydrogen-bond acceptors (Lipinski definition) is 3. The third kappa shape index (κ3) is 4.78. The van der Waals surface area contributed by atoms with Crippen LogP contribution in [0.5, 0.6) is 0 Å². The van der Waals surface area contributed by atoms with Gasteiger partial charge in [-0.2, -0.15) is 0 Å². The van der Waals surface area contributed by atoms with E-state index >= 15 is 0 Å². The number of amides is 1. The van der Waals surface area contributed by atoms with Gasteiger partial charge in [0, 0.05) is 42.8 Å². The summed E-state index contributed by atoms with van der Waals surface area (Å²) in [6, 6.07) is 13.0. The van der Waals surface area contributed by atoms with Gasteiger partial charge in [-0.15, -0.1) is 0 Å². The molecular weight excluding hydrogens is 336 g/mol. The summed E-state index contributed by atoms with van der Waals surface area (Å²) in [6.45, 7) is 1.12. The Bertz CT molecular complexity index is 857. The topological polar surface area (TPSA) is 59.8 Å². The van der Waals surface area contributed by atoms with Crippen LogP contribution in [0.25, 0.3) is 17.6 Å². The van der Waals surface area contributed by atoms with Gasteiger partial charge in [0.2, 0.25) is 5.91 Å². The van der Waals surface area contributed by atoms with E-state index in [1.807, 2.05) is 41.1 Å². The maximum absolute atomic E-state index is 11.9. The summed E-state index contributed by atoms with van der Waals surface area (Å²) in [4.78, 5) is 20.5. The molecule has 0 aliphatic rings. The summed E-state index contributed by atoms with van der Waals surface area (Å²) >= 11 is 5.83. The average Bonchev–Trinajstić information content (AvgIpc) is 3.10. The van der Waals surface area contributed by atoms with Gasteiger partial charge in [-0.25, -0.2) is 4.98 Å². The molecule has 0 fully saturated rings. The number of benzene rings is 1. The number of imidazole rings is 1. The minimum Gasteiger partial charge on any atom is -0.351 e. The van der Waals surface area contributed by atoms with Crippen LogP contribution < -0.4 is 5.32 Å². The minimum absolute atomic E-state index is 0.144. The van der Waals surface area contributed by atoms with Crippen LogP contribution in [-0.2, 0) is 11.3 Å². The zero-order valence-corrected chi connectivity index (χ0v) is 14.2. The molecule has 0 saturated carbocycles. The zero-order valence-electron chi connectivity index (χ0n) is 13.5. The molecule has 1 amide bonds. The maximum Gasteiger partial charge on any atom is 0.244 e. The lowest BCUT2D eigenvalue weighted by atomic mass is 10.2. The first-order chi connectivity index (χ1) is 12.2. The lowest BCUT2D eigenvalue weighted by Gasteiger charge is -2.07. The first-order valence-corrected chi connectivity index (χ1v) is 8.24. The van der Waals surface area contributed by atoms with E-state index in [1.165, 1.54) is 6.08 Å². The Balaban J connectivity index is 1.52. The Labute approximate surface area is 151 Å². The molecule has 0 aliphatic heterocycles. The number of nitrogens with one attached hydrogen (secondary N) is 1. The van der Waals surface area contributed by atoms with Gasteiger partial charge in [-0.05, 0) is 35.9 Å². The van der Waals surface area contributed by atoms with E-state index in [0.717, 1.165) is 17.1 Å². The van der Waals surface area contributed by atoms with Gasteiger partial charge < -0.3 is 9.88 Å². The van der Waals surface area contributed by atoms with Gasteiger partial charge in [0.1, 0.15) is 5.69 Å². The molecule has 0 atom stereocenters. The van der Waals surface area contributed by atoms with Crippen LogP contribution in [0.4, 0.5) is 0 Å². The summed E-state index contributed by atoms with van der Waals surface area (Å²) in [5.74, 6) is 0.640. The van der Waals surface area contributed by atoms with Crippen LogP contribution in [0.3, 0.4) is 0 Å². The molecule has 6 heteroatoms. The molecule has 3 aromatic rings. The first-order valence-electron chi connectivity index (χ1n) is 7.86. The Hall–Kier alpha value is -2.92. The van der Waals surface area contributed by atoms with E-state index in [9.17, 15) is 4.79 Å². The summed E-state index contributed by atoms with van der Waals surface area (Å²) in [6.07, 6.45) is 8.60. The molecular formula is C19H17ClN4O. The van der Waals surface area contributed by atoms with Gasteiger partial charge in [0.15, 0.2) is 5.82 Å². The molecule has 126 valence electrons. The second kappa shape index (κ2) is 8.26. The molecule has 0 radical (unpaired) electrons. The van der Waals surface area contributed by atoms with Crippen LogP contribution in [-0.4, -0.2) is 27.0 Å². The molecule has 2 aromatic heterocycles. The number of carbonyl (C=O) groups is 1. The first kappa shape index (κ1) is 16.9. The SMILES string of the molecule is O=C(/C=C/c1ccc(Cl)cc1)NCCn1ccnc1-c1ccccn1. The number of carbonyl (C=O) groups excluding carboxylic acids is 1. The maximum atomic E-state index is 11.9. The molecule has 1 aromatic carbocycles. The van der Waals surface area contributed by atoms with Crippen LogP contribution in [0, 0.1) is 0 Å². The van der Waals surface area contributed by atoms with Crippen molar-refractivity contribution in [3.8, 4) is 11.5 Å². The van der Waals surface area contributed by atoms with E-state index in [1.54, 1.807) is 30.6 Å². The third-order valence-electron chi connectivity index (χ3n) is 3.56. The summed E-state index contributed by atoms with van der Waals surface area (Å²) < 4.78 is 1.96. The fraction of sp³-hybridized carbons (Fsp3) is 0.105. The largest absolute Gasteiger partial charge is 0.351 e. The highest BCUT2D eigenvalue weighted by molar-refractivity contribution is 6.30. The van der Waals surface area contributed by atoms with Gasteiger partial charge in [0.05, 0.1) is 0 Å². The number of pyridine rings is 1. The standard InChI is InChI=1S/C19H17ClN4O/c20-16-7-4-15(5-8-16)6-9-18(25)22-11-13-24-14-12-23-19(24)17-3-1-2-10-21-17/h1-10,12,14H,11,13H2,(H,22,25)/b9-6+. The van der Waals surface area contributed by atoms with Crippen molar-refractivity contribution in [2.75, 3.05) is 6.54 Å². The number of nitrogens with zero attached hydrogens (tertiary/aromatic N) is 3. The van der Waals surface area contributed by atoms with Gasteiger partial charge in [-0.3, -0.25) is 9.78 Å². The van der Waals surface area contributed by atoms with Crippen molar-refractivity contribution in [3.05, 3.63) is 77.7 Å². The highest BCUT2D eigenvalue weighted by Crippen LogP contribution is 2.13. The fourth-order valence-electron chi connectivity index (χ4n) is 2.32. The second-order valence-electron chi connectivity index (χ2n) is 5.34. The van der Waals surface area contributed by atoms with E-state index < -0.39 is 0 Å². The van der Waals surface area contributed by atoms with Gasteiger partial charge in [-0.1, -0.05) is 29.8 Å². The number of aromatic nitrogens is 3. The predicted molar refractivity (Wildman–Crippen MR) is 99.0 cm³/mol. The molecule has 0 spiro atoms. The van der Waals surface area contributed by atoms with E-state index in [4.69, 9.17) is 11.6 Å². The smallest absolute Gasteiger partial charge is 0.244 e. The van der Waals surface area contributed by atoms with Crippen molar-refractivity contribution in [3.63, 3.8) is 0 Å². The number of hydrogen-bond donors (Lipinski definition) is 1. The minimum atomic E-state index is -0.144. The monoisotopic (exact) mass is 352 g/mol. The van der Waals surface area contributed by atoms with Crippen LogP contribution in [0.2, 0.25) is 5.02 Å². The number of halogens is 1. The average molecular weight is 353 g/mol. The lowest BCUT2D eigenvalue weighted by molar-refractivity contribution is -0.116. The summed E-state index contributed by atoms with van der Waals surface area (Å²) in [5.41, 5.74) is 1.73. The summed E-state index contributed by atoms with van der Waals surface area (Å²) in [7, 11) is 0. The van der Waals surface area contributed by atoms with E-state index in [-0.39, 0.29) is 5.91 Å².